The van der Waals surface area contributed by atoms with E-state index in [9.17, 15) is 4.79 Å². The van der Waals surface area contributed by atoms with Gasteiger partial charge in [0.2, 0.25) is 0 Å². The minimum absolute atomic E-state index is 0.407. The minimum Gasteiger partial charge on any atom is -0.490 e. The van der Waals surface area contributed by atoms with Gasteiger partial charge < -0.3 is 14.3 Å². The molecule has 0 spiro atoms. The van der Waals surface area contributed by atoms with Gasteiger partial charge in [-0.2, -0.15) is 0 Å². The van der Waals surface area contributed by atoms with Crippen LogP contribution < -0.4 is 9.47 Å². The number of nitrogens with zero attached hydrogens (tertiary/aromatic N) is 1. The van der Waals surface area contributed by atoms with Crippen LogP contribution in [-0.4, -0.2) is 18.8 Å². The van der Waals surface area contributed by atoms with Gasteiger partial charge in [0, 0.05) is 10.0 Å². The third-order valence-corrected chi connectivity index (χ3v) is 5.03. The van der Waals surface area contributed by atoms with Crippen LogP contribution in [-0.2, 0) is 11.4 Å². The van der Waals surface area contributed by atoms with Crippen molar-refractivity contribution in [2.45, 2.75) is 20.5 Å². The summed E-state index contributed by atoms with van der Waals surface area (Å²) in [5.41, 5.74) is 3.42. The zero-order valence-corrected chi connectivity index (χ0v) is 18.4. The van der Waals surface area contributed by atoms with E-state index in [0.29, 0.717) is 34.7 Å². The smallest absolute Gasteiger partial charge is 0.366 e. The maximum absolute atomic E-state index is 12.1. The fourth-order valence-corrected chi connectivity index (χ4v) is 3.18. The van der Waals surface area contributed by atoms with Crippen LogP contribution in [0.2, 0.25) is 0 Å². The largest absolute Gasteiger partial charge is 0.490 e. The van der Waals surface area contributed by atoms with E-state index < -0.39 is 5.97 Å². The minimum atomic E-state index is -0.540. The lowest BCUT2D eigenvalue weighted by molar-refractivity contribution is 0.0518. The van der Waals surface area contributed by atoms with Crippen molar-refractivity contribution in [2.75, 3.05) is 6.61 Å². The molecular weight excluding hydrogens is 446 g/mol. The molecule has 3 aromatic rings. The fraction of sp³-hybridized carbons (Fsp3) is 0.167. The van der Waals surface area contributed by atoms with Gasteiger partial charge in [-0.3, -0.25) is 0 Å². The second-order valence-corrected chi connectivity index (χ2v) is 7.30. The van der Waals surface area contributed by atoms with Crippen molar-refractivity contribution in [3.05, 3.63) is 93.5 Å². The third-order valence-electron chi connectivity index (χ3n) is 4.34. The summed E-state index contributed by atoms with van der Waals surface area (Å²) in [7, 11) is 0. The number of carbonyl (C=O) groups is 1. The zero-order chi connectivity index (χ0) is 21.3. The number of halogens is 1. The van der Waals surface area contributed by atoms with Crippen LogP contribution in [0.1, 0.15) is 34.0 Å². The van der Waals surface area contributed by atoms with Gasteiger partial charge in [0.25, 0.3) is 0 Å². The molecule has 0 saturated heterocycles. The number of ether oxygens (including phenoxy) is 2. The monoisotopic (exact) mass is 467 g/mol. The number of benzene rings is 3. The molecular formula is C24H22BrNO4. The number of hydrogen-bond acceptors (Lipinski definition) is 5. The van der Waals surface area contributed by atoms with E-state index in [1.165, 1.54) is 11.8 Å². The Balaban J connectivity index is 1.68. The van der Waals surface area contributed by atoms with Crippen LogP contribution in [0, 0.1) is 6.92 Å². The molecule has 0 aliphatic heterocycles. The van der Waals surface area contributed by atoms with Gasteiger partial charge in [0.05, 0.1) is 18.4 Å². The first-order chi connectivity index (χ1) is 14.6. The molecule has 0 fully saturated rings. The van der Waals surface area contributed by atoms with Crippen molar-refractivity contribution in [1.82, 2.24) is 0 Å². The predicted molar refractivity (Wildman–Crippen MR) is 120 cm³/mol. The molecule has 0 heterocycles. The van der Waals surface area contributed by atoms with Crippen molar-refractivity contribution >= 4 is 28.1 Å². The Bertz CT molecular complexity index is 1050. The van der Waals surface area contributed by atoms with E-state index >= 15 is 0 Å². The molecule has 154 valence electrons. The standard InChI is InChI=1S/C24H22BrNO4/c1-3-28-23-14-18(15-26-30-24(27)20-10-6-7-11-21(20)25)12-13-22(23)29-16-19-9-5-4-8-17(19)2/h4-15H,3,16H2,1-2H3. The maximum atomic E-state index is 12.1. The highest BCUT2D eigenvalue weighted by Gasteiger charge is 2.11. The number of carbonyl (C=O) groups excluding carboxylic acids is 1. The molecule has 5 nitrogen and oxygen atoms in total. The van der Waals surface area contributed by atoms with E-state index in [1.54, 1.807) is 24.3 Å². The summed E-state index contributed by atoms with van der Waals surface area (Å²) in [6.45, 7) is 4.91. The summed E-state index contributed by atoms with van der Waals surface area (Å²) in [6.07, 6.45) is 1.46. The molecule has 0 unspecified atom stereocenters. The first kappa shape index (κ1) is 21.6. The Morgan fingerprint density at radius 1 is 1.00 bits per heavy atom. The van der Waals surface area contributed by atoms with E-state index in [1.807, 2.05) is 43.3 Å². The average molecular weight is 468 g/mol. The van der Waals surface area contributed by atoms with Crippen molar-refractivity contribution in [3.63, 3.8) is 0 Å². The van der Waals surface area contributed by atoms with Gasteiger partial charge >= 0.3 is 5.97 Å². The topological polar surface area (TPSA) is 57.1 Å². The Hall–Kier alpha value is -3.12. The molecule has 3 aromatic carbocycles. The summed E-state index contributed by atoms with van der Waals surface area (Å²) >= 11 is 3.32. The summed E-state index contributed by atoms with van der Waals surface area (Å²) < 4.78 is 12.3. The van der Waals surface area contributed by atoms with Crippen LogP contribution >= 0.6 is 15.9 Å². The van der Waals surface area contributed by atoms with Crippen molar-refractivity contribution in [2.24, 2.45) is 5.16 Å². The normalized spacial score (nSPS) is 10.8. The maximum Gasteiger partial charge on any atom is 0.366 e. The van der Waals surface area contributed by atoms with Crippen LogP contribution in [0.5, 0.6) is 11.5 Å². The van der Waals surface area contributed by atoms with Gasteiger partial charge in [0.15, 0.2) is 11.5 Å². The van der Waals surface area contributed by atoms with E-state index in [4.69, 9.17) is 14.3 Å². The Morgan fingerprint density at radius 2 is 1.77 bits per heavy atom. The highest BCUT2D eigenvalue weighted by molar-refractivity contribution is 9.10. The number of oxime groups is 1. The second kappa shape index (κ2) is 10.6. The molecule has 3 rings (SSSR count). The Kier molecular flexibility index (Phi) is 7.63. The lowest BCUT2D eigenvalue weighted by Gasteiger charge is -2.13. The molecule has 30 heavy (non-hydrogen) atoms. The van der Waals surface area contributed by atoms with Crippen molar-refractivity contribution in [3.8, 4) is 11.5 Å². The van der Waals surface area contributed by atoms with Crippen LogP contribution in [0.3, 0.4) is 0 Å². The molecule has 0 bridgehead atoms. The highest BCUT2D eigenvalue weighted by Crippen LogP contribution is 2.29. The first-order valence-corrected chi connectivity index (χ1v) is 10.3. The van der Waals surface area contributed by atoms with Crippen LogP contribution in [0.15, 0.2) is 76.4 Å². The van der Waals surface area contributed by atoms with E-state index in [-0.39, 0.29) is 0 Å². The summed E-state index contributed by atoms with van der Waals surface area (Å²) in [6, 6.07) is 20.5. The van der Waals surface area contributed by atoms with Gasteiger partial charge in [-0.05, 0) is 71.2 Å². The molecule has 0 aromatic heterocycles. The second-order valence-electron chi connectivity index (χ2n) is 6.45. The van der Waals surface area contributed by atoms with Gasteiger partial charge in [0.1, 0.15) is 6.61 Å². The lowest BCUT2D eigenvalue weighted by atomic mass is 10.1. The molecule has 0 aliphatic rings. The summed E-state index contributed by atoms with van der Waals surface area (Å²) in [5, 5.41) is 3.80. The molecule has 0 radical (unpaired) electrons. The highest BCUT2D eigenvalue weighted by atomic mass is 79.9. The van der Waals surface area contributed by atoms with E-state index in [0.717, 1.165) is 11.1 Å². The molecule has 0 saturated carbocycles. The van der Waals surface area contributed by atoms with Crippen molar-refractivity contribution < 1.29 is 19.1 Å². The Morgan fingerprint density at radius 3 is 2.53 bits per heavy atom. The van der Waals surface area contributed by atoms with Gasteiger partial charge in [-0.25, -0.2) is 4.79 Å². The lowest BCUT2D eigenvalue weighted by Crippen LogP contribution is -2.03. The number of aryl methyl sites for hydroxylation is 1. The van der Waals surface area contributed by atoms with E-state index in [2.05, 4.69) is 34.1 Å². The molecule has 0 N–H and O–H groups in total. The SMILES string of the molecule is CCOc1cc(C=NOC(=O)c2ccccc2Br)ccc1OCc1ccccc1C. The van der Waals surface area contributed by atoms with Crippen LogP contribution in [0.25, 0.3) is 0 Å². The van der Waals surface area contributed by atoms with Crippen LogP contribution in [0.4, 0.5) is 0 Å². The summed E-state index contributed by atoms with van der Waals surface area (Å²) in [4.78, 5) is 17.1. The average Bonchev–Trinajstić information content (AvgIpc) is 2.74. The third kappa shape index (κ3) is 5.70. The van der Waals surface area contributed by atoms with Gasteiger partial charge in [-0.1, -0.05) is 41.6 Å². The molecule has 0 aliphatic carbocycles. The predicted octanol–water partition coefficient (Wildman–Crippen LogP) is 5.93. The summed E-state index contributed by atoms with van der Waals surface area (Å²) in [5.74, 6) is 0.705. The molecule has 0 atom stereocenters. The fourth-order valence-electron chi connectivity index (χ4n) is 2.73. The first-order valence-electron chi connectivity index (χ1n) is 9.52. The molecule has 0 amide bonds. The van der Waals surface area contributed by atoms with Gasteiger partial charge in [-0.15, -0.1) is 0 Å². The quantitative estimate of drug-likeness (QED) is 0.234. The molecule has 6 heteroatoms. The zero-order valence-electron chi connectivity index (χ0n) is 16.8. The number of rotatable bonds is 8. The van der Waals surface area contributed by atoms with Crippen molar-refractivity contribution in [1.29, 1.82) is 0 Å². The Labute approximate surface area is 184 Å². The number of hydrogen-bond donors (Lipinski definition) is 0.